The Bertz CT molecular complexity index is 211. The minimum Gasteiger partial charge on any atom is -0.353 e. The summed E-state index contributed by atoms with van der Waals surface area (Å²) in [5.41, 5.74) is 0.364. The molecule has 0 heterocycles. The van der Waals surface area contributed by atoms with Crippen molar-refractivity contribution in [3.8, 4) is 0 Å². The lowest BCUT2D eigenvalue weighted by atomic mass is 9.98. The lowest BCUT2D eigenvalue weighted by Crippen LogP contribution is -2.26. The zero-order valence-electron chi connectivity index (χ0n) is 7.32. The van der Waals surface area contributed by atoms with Crippen LogP contribution in [0.25, 0.3) is 0 Å². The molecule has 0 saturated heterocycles. The van der Waals surface area contributed by atoms with E-state index in [4.69, 9.17) is 0 Å². The molecule has 3 heteroatoms. The topological polar surface area (TPSA) is 29.1 Å². The summed E-state index contributed by atoms with van der Waals surface area (Å²) in [4.78, 5) is 11.2. The molecule has 0 saturated carbocycles. The van der Waals surface area contributed by atoms with Gasteiger partial charge >= 0.3 is 0 Å². The van der Waals surface area contributed by atoms with E-state index in [1.165, 1.54) is 0 Å². The molecule has 0 aromatic carbocycles. The molecule has 12 heavy (non-hydrogen) atoms. The van der Waals surface area contributed by atoms with Crippen LogP contribution in [0.5, 0.6) is 0 Å². The highest BCUT2D eigenvalue weighted by atomic mass is 19.1. The summed E-state index contributed by atoms with van der Waals surface area (Å²) >= 11 is 0. The van der Waals surface area contributed by atoms with E-state index >= 15 is 0 Å². The van der Waals surface area contributed by atoms with Crippen molar-refractivity contribution in [1.82, 2.24) is 5.32 Å². The fourth-order valence-corrected chi connectivity index (χ4v) is 1.37. The number of allylic oxidation sites excluding steroid dienone is 1. The van der Waals surface area contributed by atoms with Crippen molar-refractivity contribution in [2.24, 2.45) is 0 Å². The van der Waals surface area contributed by atoms with E-state index in [2.05, 4.69) is 5.32 Å². The maximum atomic E-state index is 13.0. The highest BCUT2D eigenvalue weighted by Crippen LogP contribution is 2.25. The van der Waals surface area contributed by atoms with Crippen molar-refractivity contribution in [2.75, 3.05) is 6.54 Å². The van der Waals surface area contributed by atoms with Gasteiger partial charge in [0.15, 0.2) is 0 Å². The second kappa shape index (κ2) is 4.24. The van der Waals surface area contributed by atoms with Gasteiger partial charge in [0.05, 0.1) is 0 Å². The van der Waals surface area contributed by atoms with Crippen LogP contribution in [-0.2, 0) is 4.79 Å². The van der Waals surface area contributed by atoms with Crippen LogP contribution in [0.1, 0.15) is 32.6 Å². The van der Waals surface area contributed by atoms with Crippen LogP contribution in [0.15, 0.2) is 11.4 Å². The normalized spacial score (nSPS) is 17.8. The number of halogens is 1. The number of hydrogen-bond donors (Lipinski definition) is 1. The van der Waals surface area contributed by atoms with E-state index in [1.54, 1.807) is 0 Å². The number of carbonyl (C=O) groups excluding carboxylic acids is 1. The summed E-state index contributed by atoms with van der Waals surface area (Å²) in [5, 5.41) is 2.61. The van der Waals surface area contributed by atoms with Crippen molar-refractivity contribution in [3.63, 3.8) is 0 Å². The molecule has 1 N–H and O–H groups in total. The summed E-state index contributed by atoms with van der Waals surface area (Å²) in [7, 11) is 0. The van der Waals surface area contributed by atoms with E-state index < -0.39 is 0 Å². The molecule has 1 rings (SSSR count). The Morgan fingerprint density at radius 3 is 2.75 bits per heavy atom. The Balaban J connectivity index is 2.64. The lowest BCUT2D eigenvalue weighted by molar-refractivity contribution is -0.117. The molecular weight excluding hydrogens is 157 g/mol. The Hall–Kier alpha value is -0.860. The first-order valence-electron chi connectivity index (χ1n) is 4.41. The maximum absolute atomic E-state index is 13.0. The number of rotatable bonds is 2. The zero-order valence-corrected chi connectivity index (χ0v) is 7.32. The van der Waals surface area contributed by atoms with Gasteiger partial charge in [0.25, 0.3) is 0 Å². The minimum absolute atomic E-state index is 0.216. The van der Waals surface area contributed by atoms with Crippen LogP contribution in [0, 0.1) is 0 Å². The Labute approximate surface area is 71.8 Å². The molecule has 1 aliphatic rings. The van der Waals surface area contributed by atoms with Gasteiger partial charge in [0.1, 0.15) is 5.83 Å². The Morgan fingerprint density at radius 1 is 1.50 bits per heavy atom. The molecule has 0 fully saturated rings. The molecular formula is C9H14FNO. The van der Waals surface area contributed by atoms with Gasteiger partial charge in [0, 0.05) is 12.1 Å². The van der Waals surface area contributed by atoms with Crippen LogP contribution < -0.4 is 5.32 Å². The van der Waals surface area contributed by atoms with E-state index in [1.807, 2.05) is 6.92 Å². The monoisotopic (exact) mass is 171 g/mol. The fraction of sp³-hybridized carbons (Fsp3) is 0.667. The van der Waals surface area contributed by atoms with Gasteiger partial charge in [-0.3, -0.25) is 4.79 Å². The maximum Gasteiger partial charge on any atom is 0.249 e. The van der Waals surface area contributed by atoms with Gasteiger partial charge < -0.3 is 5.32 Å². The average molecular weight is 171 g/mol. The molecule has 0 atom stereocenters. The van der Waals surface area contributed by atoms with Crippen LogP contribution in [0.3, 0.4) is 0 Å². The quantitative estimate of drug-likeness (QED) is 0.675. The Morgan fingerprint density at radius 2 is 2.17 bits per heavy atom. The smallest absolute Gasteiger partial charge is 0.249 e. The number of hydrogen-bond acceptors (Lipinski definition) is 1. The Kier molecular flexibility index (Phi) is 3.26. The first-order valence-corrected chi connectivity index (χ1v) is 4.41. The third kappa shape index (κ3) is 2.06. The van der Waals surface area contributed by atoms with E-state index in [0.717, 1.165) is 12.8 Å². The number of carbonyl (C=O) groups is 1. The molecule has 0 unspecified atom stereocenters. The molecule has 0 radical (unpaired) electrons. The van der Waals surface area contributed by atoms with Gasteiger partial charge in [-0.25, -0.2) is 4.39 Å². The molecule has 68 valence electrons. The molecule has 0 bridgehead atoms. The van der Waals surface area contributed by atoms with Crippen molar-refractivity contribution in [2.45, 2.75) is 32.6 Å². The molecule has 0 aliphatic heterocycles. The van der Waals surface area contributed by atoms with Gasteiger partial charge in [-0.1, -0.05) is 0 Å². The molecule has 0 aromatic heterocycles. The third-order valence-electron chi connectivity index (χ3n) is 2.01. The largest absolute Gasteiger partial charge is 0.353 e. The molecule has 0 spiro atoms. The van der Waals surface area contributed by atoms with E-state index in [9.17, 15) is 9.18 Å². The first kappa shape index (κ1) is 9.23. The van der Waals surface area contributed by atoms with Crippen LogP contribution in [0.4, 0.5) is 4.39 Å². The van der Waals surface area contributed by atoms with Crippen LogP contribution in [-0.4, -0.2) is 12.5 Å². The van der Waals surface area contributed by atoms with Crippen molar-refractivity contribution in [1.29, 1.82) is 0 Å². The predicted molar refractivity (Wildman–Crippen MR) is 45.3 cm³/mol. The number of nitrogens with one attached hydrogen (secondary N) is 1. The number of likely N-dealkylation sites (N-methyl/N-ethyl adjacent to an activating group) is 1. The third-order valence-corrected chi connectivity index (χ3v) is 2.01. The molecule has 2 nitrogen and oxygen atoms in total. The van der Waals surface area contributed by atoms with Crippen LogP contribution >= 0.6 is 0 Å². The highest BCUT2D eigenvalue weighted by molar-refractivity contribution is 5.93. The summed E-state index contributed by atoms with van der Waals surface area (Å²) in [5.74, 6) is -0.443. The lowest BCUT2D eigenvalue weighted by Gasteiger charge is -2.13. The molecule has 0 aromatic rings. The molecule has 1 amide bonds. The highest BCUT2D eigenvalue weighted by Gasteiger charge is 2.18. The SMILES string of the molecule is CCNC(=O)C1=C(F)CCCC1. The zero-order chi connectivity index (χ0) is 8.97. The van der Waals surface area contributed by atoms with Gasteiger partial charge in [-0.05, 0) is 32.6 Å². The first-order chi connectivity index (χ1) is 5.75. The van der Waals surface area contributed by atoms with E-state index in [0.29, 0.717) is 25.0 Å². The minimum atomic E-state index is -0.227. The fourth-order valence-electron chi connectivity index (χ4n) is 1.37. The summed E-state index contributed by atoms with van der Waals surface area (Å²) in [6.07, 6.45) is 2.83. The van der Waals surface area contributed by atoms with E-state index in [-0.39, 0.29) is 11.7 Å². The van der Waals surface area contributed by atoms with Gasteiger partial charge in [-0.15, -0.1) is 0 Å². The summed E-state index contributed by atoms with van der Waals surface area (Å²) < 4.78 is 13.0. The second-order valence-electron chi connectivity index (χ2n) is 2.95. The number of amides is 1. The van der Waals surface area contributed by atoms with Crippen molar-refractivity contribution < 1.29 is 9.18 Å². The molecule has 1 aliphatic carbocycles. The van der Waals surface area contributed by atoms with Crippen LogP contribution in [0.2, 0.25) is 0 Å². The second-order valence-corrected chi connectivity index (χ2v) is 2.95. The van der Waals surface area contributed by atoms with Gasteiger partial charge in [-0.2, -0.15) is 0 Å². The van der Waals surface area contributed by atoms with Crippen molar-refractivity contribution in [3.05, 3.63) is 11.4 Å². The standard InChI is InChI=1S/C9H14FNO/c1-2-11-9(12)7-5-3-4-6-8(7)10/h2-6H2,1H3,(H,11,12). The van der Waals surface area contributed by atoms with Gasteiger partial charge in [0.2, 0.25) is 5.91 Å². The summed E-state index contributed by atoms with van der Waals surface area (Å²) in [6.45, 7) is 2.40. The average Bonchev–Trinajstić information content (AvgIpc) is 2.05. The predicted octanol–water partition coefficient (Wildman–Crippen LogP) is 1.92. The summed E-state index contributed by atoms with van der Waals surface area (Å²) in [6, 6.07) is 0. The van der Waals surface area contributed by atoms with Crippen molar-refractivity contribution >= 4 is 5.91 Å².